The van der Waals surface area contributed by atoms with Gasteiger partial charge in [0.05, 0.1) is 9.90 Å². The summed E-state index contributed by atoms with van der Waals surface area (Å²) in [6, 6.07) is 13.5. The van der Waals surface area contributed by atoms with Crippen molar-refractivity contribution in [2.45, 2.75) is 25.0 Å². The Morgan fingerprint density at radius 1 is 1.15 bits per heavy atom. The van der Waals surface area contributed by atoms with E-state index in [1.54, 1.807) is 6.07 Å². The lowest BCUT2D eigenvalue weighted by atomic mass is 10.2. The van der Waals surface area contributed by atoms with Gasteiger partial charge in [-0.1, -0.05) is 53.5 Å². The summed E-state index contributed by atoms with van der Waals surface area (Å²) in [6.45, 7) is 4.73. The van der Waals surface area contributed by atoms with E-state index in [1.165, 1.54) is 23.3 Å². The Hall–Kier alpha value is -1.11. The fourth-order valence-corrected chi connectivity index (χ4v) is 5.48. The molecule has 2 fully saturated rings. The number of fused-ring (bicyclic) bond motifs is 2. The Morgan fingerprint density at radius 2 is 1.88 bits per heavy atom. The third-order valence-corrected chi connectivity index (χ3v) is 6.77. The van der Waals surface area contributed by atoms with Gasteiger partial charge in [0, 0.05) is 44.8 Å². The van der Waals surface area contributed by atoms with Crippen LogP contribution < -0.4 is 5.32 Å². The maximum Gasteiger partial charge on any atom is 0.253 e. The number of halogens is 2. The van der Waals surface area contributed by atoms with Crippen LogP contribution in [0.2, 0.25) is 8.67 Å². The molecule has 4 rings (SSSR count). The predicted octanol–water partition coefficient (Wildman–Crippen LogP) is 3.74. The van der Waals surface area contributed by atoms with Gasteiger partial charge in [-0.3, -0.25) is 14.6 Å². The molecule has 1 N–H and O–H groups in total. The lowest BCUT2D eigenvalue weighted by Gasteiger charge is -2.34. The summed E-state index contributed by atoms with van der Waals surface area (Å²) in [5.74, 6) is -0.145. The molecule has 26 heavy (non-hydrogen) atoms. The van der Waals surface area contributed by atoms with Crippen molar-refractivity contribution in [1.82, 2.24) is 15.1 Å². The zero-order chi connectivity index (χ0) is 18.1. The highest BCUT2D eigenvalue weighted by atomic mass is 35.5. The number of thiophene rings is 1. The van der Waals surface area contributed by atoms with Crippen LogP contribution in [0.4, 0.5) is 0 Å². The molecule has 1 amide bonds. The fourth-order valence-electron chi connectivity index (χ4n) is 4.02. The van der Waals surface area contributed by atoms with Crippen LogP contribution in [0.15, 0.2) is 36.4 Å². The number of carbonyl (C=O) groups is 1. The number of hydrogen-bond acceptors (Lipinski definition) is 4. The second kappa shape index (κ2) is 7.87. The van der Waals surface area contributed by atoms with Gasteiger partial charge in [-0.15, -0.1) is 11.3 Å². The van der Waals surface area contributed by atoms with Gasteiger partial charge in [0.15, 0.2) is 0 Å². The largest absolute Gasteiger partial charge is 0.351 e. The first kappa shape index (κ1) is 18.3. The molecule has 7 heteroatoms. The molecule has 138 valence electrons. The van der Waals surface area contributed by atoms with Crippen LogP contribution in [0.1, 0.15) is 22.3 Å². The van der Waals surface area contributed by atoms with E-state index in [0.717, 1.165) is 26.2 Å². The van der Waals surface area contributed by atoms with Gasteiger partial charge in [-0.05, 0) is 18.1 Å². The van der Waals surface area contributed by atoms with Crippen molar-refractivity contribution in [3.8, 4) is 0 Å². The van der Waals surface area contributed by atoms with Crippen molar-refractivity contribution >= 4 is 40.4 Å². The minimum atomic E-state index is -0.145. The number of benzene rings is 1. The third-order valence-electron chi connectivity index (χ3n) is 5.28. The number of carbonyl (C=O) groups excluding carboxylic acids is 1. The standard InChI is InChI=1S/C19H21Cl2N3OS/c20-17-9-16(18(21)26-17)19(25)22-6-7-23-11-15-8-14(23)12-24(15)10-13-4-2-1-3-5-13/h1-5,9,14-15H,6-8,10-12H2,(H,22,25). The molecular weight excluding hydrogens is 389 g/mol. The molecule has 2 bridgehead atoms. The molecular formula is C19H21Cl2N3OS. The number of rotatable bonds is 6. The first-order chi connectivity index (χ1) is 12.6. The number of nitrogens with zero attached hydrogens (tertiary/aromatic N) is 2. The molecule has 0 saturated carbocycles. The summed E-state index contributed by atoms with van der Waals surface area (Å²) >= 11 is 13.2. The van der Waals surface area contributed by atoms with Crippen molar-refractivity contribution in [3.63, 3.8) is 0 Å². The SMILES string of the molecule is O=C(NCCN1CC2CC1CN2Cc1ccccc1)c1cc(Cl)sc1Cl. The molecule has 2 aromatic rings. The van der Waals surface area contributed by atoms with Gasteiger partial charge < -0.3 is 5.32 Å². The van der Waals surface area contributed by atoms with Crippen LogP contribution in [-0.2, 0) is 6.54 Å². The Morgan fingerprint density at radius 3 is 2.54 bits per heavy atom. The Bertz CT molecular complexity index is 782. The molecule has 3 heterocycles. The Labute approximate surface area is 167 Å². The average molecular weight is 410 g/mol. The van der Waals surface area contributed by atoms with E-state index < -0.39 is 0 Å². The summed E-state index contributed by atoms with van der Waals surface area (Å²) in [5, 5.41) is 2.96. The molecule has 2 atom stereocenters. The van der Waals surface area contributed by atoms with Crippen LogP contribution >= 0.6 is 34.5 Å². The zero-order valence-electron chi connectivity index (χ0n) is 14.3. The summed E-state index contributed by atoms with van der Waals surface area (Å²) in [6.07, 6.45) is 1.23. The number of amides is 1. The number of likely N-dealkylation sites (tertiary alicyclic amines) is 2. The average Bonchev–Trinajstić information content (AvgIpc) is 3.29. The Balaban J connectivity index is 1.23. The summed E-state index contributed by atoms with van der Waals surface area (Å²) < 4.78 is 0.986. The van der Waals surface area contributed by atoms with Crippen LogP contribution in [-0.4, -0.2) is 54.0 Å². The molecule has 4 nitrogen and oxygen atoms in total. The van der Waals surface area contributed by atoms with E-state index in [4.69, 9.17) is 23.2 Å². The monoisotopic (exact) mass is 409 g/mol. The van der Waals surface area contributed by atoms with Crippen molar-refractivity contribution < 1.29 is 4.79 Å². The number of piperazine rings is 1. The molecule has 2 unspecified atom stereocenters. The Kier molecular flexibility index (Phi) is 5.53. The molecule has 2 aliphatic rings. The van der Waals surface area contributed by atoms with Crippen molar-refractivity contribution in [2.24, 2.45) is 0 Å². The topological polar surface area (TPSA) is 35.6 Å². The normalized spacial score (nSPS) is 22.8. The van der Waals surface area contributed by atoms with Crippen molar-refractivity contribution in [2.75, 3.05) is 26.2 Å². The van der Waals surface area contributed by atoms with Gasteiger partial charge in [0.2, 0.25) is 0 Å². The van der Waals surface area contributed by atoms with Crippen molar-refractivity contribution in [1.29, 1.82) is 0 Å². The molecule has 0 aliphatic carbocycles. The van der Waals surface area contributed by atoms with Gasteiger partial charge in [0.1, 0.15) is 4.34 Å². The molecule has 2 aliphatic heterocycles. The van der Waals surface area contributed by atoms with Gasteiger partial charge >= 0.3 is 0 Å². The summed E-state index contributed by atoms with van der Waals surface area (Å²) in [5.41, 5.74) is 1.85. The molecule has 1 aromatic carbocycles. The second-order valence-corrected chi connectivity index (χ2v) is 9.23. The second-order valence-electron chi connectivity index (χ2n) is 6.95. The minimum Gasteiger partial charge on any atom is -0.351 e. The van der Waals surface area contributed by atoms with Gasteiger partial charge in [0.25, 0.3) is 5.91 Å². The van der Waals surface area contributed by atoms with E-state index in [2.05, 4.69) is 45.4 Å². The van der Waals surface area contributed by atoms with Crippen LogP contribution in [0.5, 0.6) is 0 Å². The third kappa shape index (κ3) is 3.92. The molecule has 0 radical (unpaired) electrons. The fraction of sp³-hybridized carbons (Fsp3) is 0.421. The number of hydrogen-bond donors (Lipinski definition) is 1. The smallest absolute Gasteiger partial charge is 0.253 e. The molecule has 2 saturated heterocycles. The van der Waals surface area contributed by atoms with E-state index >= 15 is 0 Å². The lowest BCUT2D eigenvalue weighted by Crippen LogP contribution is -2.48. The summed E-state index contributed by atoms with van der Waals surface area (Å²) in [7, 11) is 0. The highest BCUT2D eigenvalue weighted by Crippen LogP contribution is 2.32. The quantitative estimate of drug-likeness (QED) is 0.788. The van der Waals surface area contributed by atoms with E-state index in [1.807, 2.05) is 0 Å². The maximum atomic E-state index is 12.2. The minimum absolute atomic E-state index is 0.145. The predicted molar refractivity (Wildman–Crippen MR) is 107 cm³/mol. The molecule has 0 spiro atoms. The van der Waals surface area contributed by atoms with Crippen LogP contribution in [0.25, 0.3) is 0 Å². The highest BCUT2D eigenvalue weighted by molar-refractivity contribution is 7.20. The lowest BCUT2D eigenvalue weighted by molar-refractivity contribution is 0.0932. The maximum absolute atomic E-state index is 12.2. The number of nitrogens with one attached hydrogen (secondary N) is 1. The highest BCUT2D eigenvalue weighted by Gasteiger charge is 2.42. The first-order valence-corrected chi connectivity index (χ1v) is 10.4. The van der Waals surface area contributed by atoms with E-state index in [-0.39, 0.29) is 5.91 Å². The van der Waals surface area contributed by atoms with Crippen LogP contribution in [0.3, 0.4) is 0 Å². The van der Waals surface area contributed by atoms with Gasteiger partial charge in [-0.25, -0.2) is 0 Å². The van der Waals surface area contributed by atoms with E-state index in [0.29, 0.717) is 32.9 Å². The van der Waals surface area contributed by atoms with Crippen LogP contribution in [0, 0.1) is 0 Å². The van der Waals surface area contributed by atoms with Crippen molar-refractivity contribution in [3.05, 3.63) is 56.2 Å². The van der Waals surface area contributed by atoms with E-state index in [9.17, 15) is 4.79 Å². The molecule has 1 aromatic heterocycles. The summed E-state index contributed by atoms with van der Waals surface area (Å²) in [4.78, 5) is 17.3. The first-order valence-electron chi connectivity index (χ1n) is 8.85. The zero-order valence-corrected chi connectivity index (χ0v) is 16.7. The van der Waals surface area contributed by atoms with Gasteiger partial charge in [-0.2, -0.15) is 0 Å².